The molecule has 1 aromatic carbocycles. The number of nitrogens with one attached hydrogen (secondary N) is 1. The van der Waals surface area contributed by atoms with Gasteiger partial charge in [-0.05, 0) is 25.5 Å². The molecule has 1 aromatic heterocycles. The molecular weight excluding hydrogens is 224 g/mol. The summed E-state index contributed by atoms with van der Waals surface area (Å²) in [5.41, 5.74) is 1.85. The van der Waals surface area contributed by atoms with E-state index in [9.17, 15) is 5.11 Å². The Labute approximate surface area is 107 Å². The van der Waals surface area contributed by atoms with E-state index in [-0.39, 0.29) is 6.04 Å². The van der Waals surface area contributed by atoms with Crippen molar-refractivity contribution in [3.05, 3.63) is 42.1 Å². The standard InChI is InChI=1S/C15H18N2O/c18-15(13-8-1-2-9-16-13)12-7-3-5-11-6-4-10-17-14(11)12/h3-7,10,13,15-16,18H,1-2,8-9H2/t13-,15+/m1/s1. The van der Waals surface area contributed by atoms with Gasteiger partial charge in [0.15, 0.2) is 0 Å². The van der Waals surface area contributed by atoms with Crippen LogP contribution in [-0.4, -0.2) is 22.7 Å². The van der Waals surface area contributed by atoms with Crippen LogP contribution in [0.25, 0.3) is 10.9 Å². The fourth-order valence-electron chi connectivity index (χ4n) is 2.73. The summed E-state index contributed by atoms with van der Waals surface area (Å²) in [5.74, 6) is 0. The molecule has 2 heterocycles. The third kappa shape index (κ3) is 2.11. The zero-order valence-electron chi connectivity index (χ0n) is 10.3. The van der Waals surface area contributed by atoms with E-state index in [1.165, 1.54) is 12.8 Å². The Bertz CT molecular complexity index is 530. The van der Waals surface area contributed by atoms with E-state index >= 15 is 0 Å². The van der Waals surface area contributed by atoms with Crippen molar-refractivity contribution in [2.45, 2.75) is 31.4 Å². The van der Waals surface area contributed by atoms with Crippen molar-refractivity contribution in [2.24, 2.45) is 0 Å². The highest BCUT2D eigenvalue weighted by molar-refractivity contribution is 5.81. The lowest BCUT2D eigenvalue weighted by Gasteiger charge is -2.28. The van der Waals surface area contributed by atoms with Crippen LogP contribution < -0.4 is 5.32 Å². The number of pyridine rings is 1. The highest BCUT2D eigenvalue weighted by Crippen LogP contribution is 2.27. The first-order valence-corrected chi connectivity index (χ1v) is 6.61. The summed E-state index contributed by atoms with van der Waals surface area (Å²) >= 11 is 0. The van der Waals surface area contributed by atoms with Gasteiger partial charge in [0, 0.05) is 23.2 Å². The predicted molar refractivity (Wildman–Crippen MR) is 72.3 cm³/mol. The van der Waals surface area contributed by atoms with Gasteiger partial charge in [-0.15, -0.1) is 0 Å². The summed E-state index contributed by atoms with van der Waals surface area (Å²) in [5, 5.41) is 15.0. The zero-order chi connectivity index (χ0) is 12.4. The van der Waals surface area contributed by atoms with Gasteiger partial charge >= 0.3 is 0 Å². The Morgan fingerprint density at radius 2 is 2.11 bits per heavy atom. The van der Waals surface area contributed by atoms with Gasteiger partial charge in [-0.1, -0.05) is 30.7 Å². The lowest BCUT2D eigenvalue weighted by Crippen LogP contribution is -2.38. The predicted octanol–water partition coefficient (Wildman–Crippen LogP) is 2.41. The molecule has 1 saturated heterocycles. The number of para-hydroxylation sites is 1. The smallest absolute Gasteiger partial charge is 0.0963 e. The van der Waals surface area contributed by atoms with Crippen molar-refractivity contribution in [3.8, 4) is 0 Å². The van der Waals surface area contributed by atoms with E-state index in [1.54, 1.807) is 6.20 Å². The maximum atomic E-state index is 10.5. The van der Waals surface area contributed by atoms with E-state index in [2.05, 4.69) is 10.3 Å². The van der Waals surface area contributed by atoms with Crippen LogP contribution in [0.4, 0.5) is 0 Å². The number of nitrogens with zero attached hydrogens (tertiary/aromatic N) is 1. The van der Waals surface area contributed by atoms with Gasteiger partial charge < -0.3 is 10.4 Å². The van der Waals surface area contributed by atoms with E-state index in [0.717, 1.165) is 29.4 Å². The molecule has 2 atom stereocenters. The first-order valence-electron chi connectivity index (χ1n) is 6.61. The molecule has 1 aliphatic rings. The largest absolute Gasteiger partial charge is 0.387 e. The molecule has 3 heteroatoms. The number of aliphatic hydroxyl groups is 1. The third-order valence-corrected chi connectivity index (χ3v) is 3.71. The minimum Gasteiger partial charge on any atom is -0.387 e. The molecule has 0 amide bonds. The first-order chi connectivity index (χ1) is 8.86. The number of rotatable bonds is 2. The van der Waals surface area contributed by atoms with Gasteiger partial charge in [0.1, 0.15) is 0 Å². The number of hydrogen-bond acceptors (Lipinski definition) is 3. The second kappa shape index (κ2) is 5.04. The van der Waals surface area contributed by atoms with E-state index in [0.29, 0.717) is 0 Å². The van der Waals surface area contributed by atoms with Crippen LogP contribution in [0.2, 0.25) is 0 Å². The van der Waals surface area contributed by atoms with Crippen LogP contribution >= 0.6 is 0 Å². The van der Waals surface area contributed by atoms with E-state index in [4.69, 9.17) is 0 Å². The van der Waals surface area contributed by atoms with Crippen LogP contribution in [0.15, 0.2) is 36.5 Å². The van der Waals surface area contributed by atoms with Crippen molar-refractivity contribution < 1.29 is 5.11 Å². The second-order valence-electron chi connectivity index (χ2n) is 4.92. The third-order valence-electron chi connectivity index (χ3n) is 3.71. The zero-order valence-corrected chi connectivity index (χ0v) is 10.3. The Morgan fingerprint density at radius 3 is 2.94 bits per heavy atom. The molecule has 3 rings (SSSR count). The molecule has 3 nitrogen and oxygen atoms in total. The number of piperidine rings is 1. The normalized spacial score (nSPS) is 21.9. The van der Waals surface area contributed by atoms with Crippen molar-refractivity contribution in [3.63, 3.8) is 0 Å². The fourth-order valence-corrected chi connectivity index (χ4v) is 2.73. The van der Waals surface area contributed by atoms with Crippen molar-refractivity contribution in [2.75, 3.05) is 6.54 Å². The van der Waals surface area contributed by atoms with Crippen LogP contribution in [0, 0.1) is 0 Å². The quantitative estimate of drug-likeness (QED) is 0.850. The number of aliphatic hydroxyl groups excluding tert-OH is 1. The number of benzene rings is 1. The monoisotopic (exact) mass is 242 g/mol. The Kier molecular flexibility index (Phi) is 3.26. The molecule has 1 aliphatic heterocycles. The van der Waals surface area contributed by atoms with Crippen LogP contribution in [0.1, 0.15) is 30.9 Å². The van der Waals surface area contributed by atoms with Crippen LogP contribution in [0.3, 0.4) is 0 Å². The fraction of sp³-hybridized carbons (Fsp3) is 0.400. The van der Waals surface area contributed by atoms with Crippen LogP contribution in [-0.2, 0) is 0 Å². The van der Waals surface area contributed by atoms with E-state index in [1.807, 2.05) is 30.3 Å². The van der Waals surface area contributed by atoms with Gasteiger partial charge in [0.05, 0.1) is 11.6 Å². The SMILES string of the molecule is O[C@@H](c1cccc2cccnc12)[C@H]1CCCCN1. The van der Waals surface area contributed by atoms with Gasteiger partial charge in [0.2, 0.25) is 0 Å². The summed E-state index contributed by atoms with van der Waals surface area (Å²) in [7, 11) is 0. The highest BCUT2D eigenvalue weighted by Gasteiger charge is 2.24. The van der Waals surface area contributed by atoms with Gasteiger partial charge in [0.25, 0.3) is 0 Å². The van der Waals surface area contributed by atoms with Crippen LogP contribution in [0.5, 0.6) is 0 Å². The number of hydrogen-bond donors (Lipinski definition) is 2. The molecule has 0 spiro atoms. The Balaban J connectivity index is 1.97. The van der Waals surface area contributed by atoms with E-state index < -0.39 is 6.10 Å². The van der Waals surface area contributed by atoms with Crippen molar-refractivity contribution in [1.82, 2.24) is 10.3 Å². The minimum atomic E-state index is -0.469. The lowest BCUT2D eigenvalue weighted by atomic mass is 9.93. The average Bonchev–Trinajstić information content (AvgIpc) is 2.47. The van der Waals surface area contributed by atoms with Crippen molar-refractivity contribution in [1.29, 1.82) is 0 Å². The molecule has 94 valence electrons. The Hall–Kier alpha value is -1.45. The summed E-state index contributed by atoms with van der Waals surface area (Å²) < 4.78 is 0. The summed E-state index contributed by atoms with van der Waals surface area (Å²) in [6.45, 7) is 1.000. The molecule has 0 bridgehead atoms. The highest BCUT2D eigenvalue weighted by atomic mass is 16.3. The van der Waals surface area contributed by atoms with Crippen molar-refractivity contribution >= 4 is 10.9 Å². The topological polar surface area (TPSA) is 45.2 Å². The molecule has 2 N–H and O–H groups in total. The second-order valence-corrected chi connectivity index (χ2v) is 4.92. The molecule has 0 saturated carbocycles. The lowest BCUT2D eigenvalue weighted by molar-refractivity contribution is 0.115. The molecule has 0 radical (unpaired) electrons. The average molecular weight is 242 g/mol. The summed E-state index contributed by atoms with van der Waals surface area (Å²) in [6, 6.07) is 10.1. The number of fused-ring (bicyclic) bond motifs is 1. The molecule has 0 aliphatic carbocycles. The maximum Gasteiger partial charge on any atom is 0.0963 e. The summed E-state index contributed by atoms with van der Waals surface area (Å²) in [4.78, 5) is 4.41. The molecule has 18 heavy (non-hydrogen) atoms. The molecule has 1 fully saturated rings. The van der Waals surface area contributed by atoms with Gasteiger partial charge in [-0.25, -0.2) is 0 Å². The number of aromatic nitrogens is 1. The minimum absolute atomic E-state index is 0.159. The Morgan fingerprint density at radius 1 is 1.22 bits per heavy atom. The summed E-state index contributed by atoms with van der Waals surface area (Å²) in [6.07, 6.45) is 4.74. The van der Waals surface area contributed by atoms with Gasteiger partial charge in [-0.2, -0.15) is 0 Å². The molecule has 2 aromatic rings. The molecule has 0 unspecified atom stereocenters. The van der Waals surface area contributed by atoms with Gasteiger partial charge in [-0.3, -0.25) is 4.98 Å². The first kappa shape index (κ1) is 11.6. The molecular formula is C15H18N2O. The maximum absolute atomic E-state index is 10.5.